The molecule has 0 aromatic carbocycles. The zero-order valence-corrected chi connectivity index (χ0v) is 9.39. The zero-order valence-electron chi connectivity index (χ0n) is 8.57. The van der Waals surface area contributed by atoms with Gasteiger partial charge in [0.2, 0.25) is 10.0 Å². The van der Waals surface area contributed by atoms with Crippen LogP contribution in [0.15, 0.2) is 0 Å². The van der Waals surface area contributed by atoms with E-state index in [2.05, 4.69) is 4.74 Å². The molecule has 0 N–H and O–H groups in total. The molecule has 0 atom stereocenters. The fraction of sp³-hybridized carbons (Fsp3) is 0.875. The van der Waals surface area contributed by atoms with Crippen LogP contribution in [0.3, 0.4) is 0 Å². The van der Waals surface area contributed by atoms with Crippen molar-refractivity contribution in [2.75, 3.05) is 20.2 Å². The van der Waals surface area contributed by atoms with Gasteiger partial charge in [-0.15, -0.1) is 0 Å². The van der Waals surface area contributed by atoms with E-state index in [9.17, 15) is 22.0 Å². The number of carbonyl (C=O) groups excluding carboxylic acids is 1. The Kier molecular flexibility index (Phi) is 2.29. The second-order valence-corrected chi connectivity index (χ2v) is 6.36. The third-order valence-corrected chi connectivity index (χ3v) is 5.41. The Bertz CT molecular complexity index is 421. The summed E-state index contributed by atoms with van der Waals surface area (Å²) in [6.07, 6.45) is 0.286. The van der Waals surface area contributed by atoms with Crippen LogP contribution in [0.5, 0.6) is 0 Å². The first-order chi connectivity index (χ1) is 7.25. The lowest BCUT2D eigenvalue weighted by Crippen LogP contribution is -2.61. The normalized spacial score (nSPS) is 26.9. The molecule has 1 aliphatic heterocycles. The van der Waals surface area contributed by atoms with Crippen LogP contribution in [-0.2, 0) is 19.6 Å². The van der Waals surface area contributed by atoms with Crippen LogP contribution in [0, 0.1) is 0 Å². The topological polar surface area (TPSA) is 63.7 Å². The molecule has 92 valence electrons. The van der Waals surface area contributed by atoms with E-state index in [1.165, 1.54) is 0 Å². The fourth-order valence-corrected chi connectivity index (χ4v) is 3.88. The molecule has 1 saturated carbocycles. The number of esters is 1. The van der Waals surface area contributed by atoms with E-state index in [1.54, 1.807) is 0 Å². The number of nitrogens with zero attached hydrogens (tertiary/aromatic N) is 1. The van der Waals surface area contributed by atoms with Crippen molar-refractivity contribution in [3.63, 3.8) is 0 Å². The van der Waals surface area contributed by atoms with E-state index in [0.29, 0.717) is 4.31 Å². The summed E-state index contributed by atoms with van der Waals surface area (Å²) in [5.41, 5.74) is 0. The van der Waals surface area contributed by atoms with Crippen LogP contribution in [0.1, 0.15) is 12.8 Å². The summed E-state index contributed by atoms with van der Waals surface area (Å²) in [7, 11) is -2.91. The Morgan fingerprint density at radius 1 is 1.31 bits per heavy atom. The maximum absolute atomic E-state index is 12.6. The van der Waals surface area contributed by atoms with Crippen molar-refractivity contribution in [3.05, 3.63) is 0 Å². The largest absolute Gasteiger partial charge is 0.468 e. The summed E-state index contributed by atoms with van der Waals surface area (Å²) in [5.74, 6) is -3.83. The average molecular weight is 255 g/mol. The van der Waals surface area contributed by atoms with Crippen molar-refractivity contribution < 1.29 is 26.7 Å². The highest BCUT2D eigenvalue weighted by atomic mass is 32.2. The minimum Gasteiger partial charge on any atom is -0.468 e. The first-order valence-electron chi connectivity index (χ1n) is 4.71. The highest BCUT2D eigenvalue weighted by Crippen LogP contribution is 2.48. The highest BCUT2D eigenvalue weighted by molar-refractivity contribution is 7.91. The predicted octanol–water partition coefficient (Wildman–Crippen LogP) is -0.0273. The molecule has 1 aliphatic carbocycles. The summed E-state index contributed by atoms with van der Waals surface area (Å²) in [6, 6.07) is 0. The number of carbonyl (C=O) groups is 1. The molecule has 16 heavy (non-hydrogen) atoms. The van der Waals surface area contributed by atoms with Gasteiger partial charge in [-0.1, -0.05) is 0 Å². The molecule has 0 unspecified atom stereocenters. The van der Waals surface area contributed by atoms with Crippen molar-refractivity contribution in [2.24, 2.45) is 0 Å². The van der Waals surface area contributed by atoms with Gasteiger partial charge >= 0.3 is 5.97 Å². The molecular weight excluding hydrogens is 244 g/mol. The van der Waals surface area contributed by atoms with Crippen LogP contribution >= 0.6 is 0 Å². The van der Waals surface area contributed by atoms with Gasteiger partial charge in [-0.25, -0.2) is 17.2 Å². The van der Waals surface area contributed by atoms with Crippen molar-refractivity contribution >= 4 is 16.0 Å². The minimum absolute atomic E-state index is 0.143. The molecule has 0 aromatic rings. The average Bonchev–Trinajstić information content (AvgIpc) is 2.93. The summed E-state index contributed by atoms with van der Waals surface area (Å²) in [4.78, 5) is 11.3. The molecule has 2 aliphatic rings. The number of methoxy groups -OCH3 is 1. The molecule has 1 heterocycles. The maximum Gasteiger partial charge on any atom is 0.328 e. The second-order valence-electron chi connectivity index (χ2n) is 4.11. The molecule has 0 spiro atoms. The number of hydrogen-bond acceptors (Lipinski definition) is 4. The van der Waals surface area contributed by atoms with Crippen LogP contribution < -0.4 is 0 Å². The van der Waals surface area contributed by atoms with E-state index < -0.39 is 39.8 Å². The monoisotopic (exact) mass is 255 g/mol. The molecule has 2 fully saturated rings. The zero-order chi connectivity index (χ0) is 12.2. The van der Waals surface area contributed by atoms with Crippen molar-refractivity contribution in [2.45, 2.75) is 23.5 Å². The molecule has 2 rings (SSSR count). The lowest BCUT2D eigenvalue weighted by atomic mass is 10.2. The Morgan fingerprint density at radius 3 is 2.12 bits per heavy atom. The summed E-state index contributed by atoms with van der Waals surface area (Å²) >= 11 is 0. The van der Waals surface area contributed by atoms with Crippen molar-refractivity contribution in [3.8, 4) is 0 Å². The van der Waals surface area contributed by atoms with Gasteiger partial charge in [-0.05, 0) is 12.8 Å². The summed E-state index contributed by atoms with van der Waals surface area (Å²) < 4.78 is 52.4. The Morgan fingerprint density at radius 2 is 1.81 bits per heavy atom. The van der Waals surface area contributed by atoms with Crippen molar-refractivity contribution in [1.29, 1.82) is 0 Å². The van der Waals surface area contributed by atoms with Gasteiger partial charge in [-0.2, -0.15) is 4.31 Å². The van der Waals surface area contributed by atoms with E-state index in [-0.39, 0.29) is 12.8 Å². The molecule has 0 radical (unpaired) electrons. The minimum atomic E-state index is -3.99. The van der Waals surface area contributed by atoms with E-state index in [4.69, 9.17) is 0 Å². The van der Waals surface area contributed by atoms with Gasteiger partial charge in [-0.3, -0.25) is 4.79 Å². The number of hydrogen-bond donors (Lipinski definition) is 0. The number of ether oxygens (including phenoxy) is 1. The summed E-state index contributed by atoms with van der Waals surface area (Å²) in [5, 5.41) is 0. The highest BCUT2D eigenvalue weighted by Gasteiger charge is 2.67. The molecule has 1 saturated heterocycles. The lowest BCUT2D eigenvalue weighted by Gasteiger charge is -2.39. The molecule has 5 nitrogen and oxygen atoms in total. The van der Waals surface area contributed by atoms with Gasteiger partial charge in [0.05, 0.1) is 20.2 Å². The second kappa shape index (κ2) is 3.13. The van der Waals surface area contributed by atoms with Gasteiger partial charge in [0.25, 0.3) is 5.92 Å². The Hall–Kier alpha value is -0.760. The van der Waals surface area contributed by atoms with Crippen molar-refractivity contribution in [1.82, 2.24) is 4.31 Å². The molecular formula is C8H11F2NO4S. The standard InChI is InChI=1S/C8H11F2NO4S/c1-15-6(12)7(2-3-7)16(13,14)11-4-8(9,10)5-11/h2-5H2,1H3. The van der Waals surface area contributed by atoms with E-state index in [0.717, 1.165) is 7.11 Å². The molecule has 0 aromatic heterocycles. The van der Waals surface area contributed by atoms with Gasteiger partial charge in [0, 0.05) is 0 Å². The number of halogens is 2. The number of rotatable bonds is 3. The third kappa shape index (κ3) is 1.43. The van der Waals surface area contributed by atoms with Gasteiger partial charge in [0.1, 0.15) is 0 Å². The third-order valence-electron chi connectivity index (χ3n) is 2.91. The maximum atomic E-state index is 12.6. The SMILES string of the molecule is COC(=O)C1(S(=O)(=O)N2CC(F)(F)C2)CC1. The van der Waals surface area contributed by atoms with E-state index in [1.807, 2.05) is 0 Å². The first kappa shape index (κ1) is 11.7. The first-order valence-corrected chi connectivity index (χ1v) is 6.15. The molecule has 0 amide bonds. The van der Waals surface area contributed by atoms with Crippen LogP contribution in [0.4, 0.5) is 8.78 Å². The number of sulfonamides is 1. The molecule has 8 heteroatoms. The molecule has 0 bridgehead atoms. The lowest BCUT2D eigenvalue weighted by molar-refractivity contribution is -0.141. The Labute approximate surface area is 91.4 Å². The summed E-state index contributed by atoms with van der Waals surface area (Å²) in [6.45, 7) is -1.68. The quantitative estimate of drug-likeness (QED) is 0.664. The van der Waals surface area contributed by atoms with Crippen LogP contribution in [0.2, 0.25) is 0 Å². The smallest absolute Gasteiger partial charge is 0.328 e. The number of alkyl halides is 2. The van der Waals surface area contributed by atoms with Crippen LogP contribution in [0.25, 0.3) is 0 Å². The fourth-order valence-electron chi connectivity index (χ4n) is 1.75. The van der Waals surface area contributed by atoms with Crippen LogP contribution in [-0.4, -0.2) is 49.6 Å². The van der Waals surface area contributed by atoms with Gasteiger partial charge in [0.15, 0.2) is 4.75 Å². The van der Waals surface area contributed by atoms with E-state index >= 15 is 0 Å². The Balaban J connectivity index is 2.19. The predicted molar refractivity (Wildman–Crippen MR) is 49.4 cm³/mol. The van der Waals surface area contributed by atoms with Gasteiger partial charge < -0.3 is 4.74 Å².